The largest absolute Gasteiger partial charge is 0.389 e. The van der Waals surface area contributed by atoms with Crippen molar-refractivity contribution in [1.29, 1.82) is 0 Å². The number of hydrogen-bond donors (Lipinski definition) is 2. The van der Waals surface area contributed by atoms with Gasteiger partial charge in [-0.25, -0.2) is 0 Å². The SMILES string of the molecule is CCCc1ccccc1Nc1cccc(Cl)c1C(N)=S. The first-order valence-electron chi connectivity index (χ1n) is 6.56. The monoisotopic (exact) mass is 304 g/mol. The van der Waals surface area contributed by atoms with Gasteiger partial charge in [0.05, 0.1) is 16.3 Å². The van der Waals surface area contributed by atoms with Crippen LogP contribution >= 0.6 is 23.8 Å². The van der Waals surface area contributed by atoms with Crippen LogP contribution in [0.4, 0.5) is 11.4 Å². The molecule has 0 amide bonds. The summed E-state index contributed by atoms with van der Waals surface area (Å²) in [7, 11) is 0. The maximum atomic E-state index is 6.18. The Labute approximate surface area is 130 Å². The van der Waals surface area contributed by atoms with Gasteiger partial charge in [-0.05, 0) is 30.2 Å². The van der Waals surface area contributed by atoms with E-state index in [-0.39, 0.29) is 0 Å². The quantitative estimate of drug-likeness (QED) is 0.788. The second-order valence-corrected chi connectivity index (χ2v) is 5.41. The molecule has 2 nitrogen and oxygen atoms in total. The van der Waals surface area contributed by atoms with Crippen LogP contribution in [0.15, 0.2) is 42.5 Å². The van der Waals surface area contributed by atoms with Crippen molar-refractivity contribution in [3.05, 3.63) is 58.6 Å². The van der Waals surface area contributed by atoms with E-state index in [1.165, 1.54) is 5.56 Å². The summed E-state index contributed by atoms with van der Waals surface area (Å²) >= 11 is 11.3. The highest BCUT2D eigenvalue weighted by Crippen LogP contribution is 2.29. The number of benzene rings is 2. The summed E-state index contributed by atoms with van der Waals surface area (Å²) in [6.07, 6.45) is 2.11. The molecular formula is C16H17ClN2S. The molecule has 3 N–H and O–H groups in total. The predicted octanol–water partition coefficient (Wildman–Crippen LogP) is 4.67. The van der Waals surface area contributed by atoms with Crippen molar-refractivity contribution in [2.75, 3.05) is 5.32 Å². The van der Waals surface area contributed by atoms with Gasteiger partial charge in [-0.15, -0.1) is 0 Å². The molecule has 0 spiro atoms. The van der Waals surface area contributed by atoms with Crippen LogP contribution in [-0.2, 0) is 6.42 Å². The van der Waals surface area contributed by atoms with Crippen molar-refractivity contribution >= 4 is 40.2 Å². The molecule has 2 aromatic rings. The van der Waals surface area contributed by atoms with Gasteiger partial charge in [0.25, 0.3) is 0 Å². The predicted molar refractivity (Wildman–Crippen MR) is 91.1 cm³/mol. The van der Waals surface area contributed by atoms with Crippen LogP contribution in [-0.4, -0.2) is 4.99 Å². The summed E-state index contributed by atoms with van der Waals surface area (Å²) in [4.78, 5) is 0.297. The summed E-state index contributed by atoms with van der Waals surface area (Å²) in [5.74, 6) is 0. The molecule has 0 bridgehead atoms. The fourth-order valence-corrected chi connectivity index (χ4v) is 2.71. The van der Waals surface area contributed by atoms with E-state index in [1.807, 2.05) is 24.3 Å². The van der Waals surface area contributed by atoms with Crippen LogP contribution in [0.25, 0.3) is 0 Å². The highest BCUT2D eigenvalue weighted by Gasteiger charge is 2.11. The van der Waals surface area contributed by atoms with Crippen molar-refractivity contribution in [3.8, 4) is 0 Å². The van der Waals surface area contributed by atoms with E-state index < -0.39 is 0 Å². The Balaban J connectivity index is 2.40. The molecule has 0 saturated heterocycles. The average Bonchev–Trinajstić information content (AvgIpc) is 2.41. The van der Waals surface area contributed by atoms with Crippen molar-refractivity contribution < 1.29 is 0 Å². The molecule has 0 unspecified atom stereocenters. The number of hydrogen-bond acceptors (Lipinski definition) is 2. The zero-order valence-electron chi connectivity index (χ0n) is 11.3. The van der Waals surface area contributed by atoms with E-state index >= 15 is 0 Å². The Kier molecular flexibility index (Phi) is 4.99. The minimum absolute atomic E-state index is 0.297. The van der Waals surface area contributed by atoms with Gasteiger partial charge in [0.1, 0.15) is 4.99 Å². The van der Waals surface area contributed by atoms with E-state index in [2.05, 4.69) is 24.4 Å². The summed E-state index contributed by atoms with van der Waals surface area (Å²) in [6, 6.07) is 13.8. The first kappa shape index (κ1) is 14.8. The molecule has 0 aliphatic carbocycles. The number of anilines is 2. The van der Waals surface area contributed by atoms with Crippen LogP contribution in [0.5, 0.6) is 0 Å². The van der Waals surface area contributed by atoms with Gasteiger partial charge in [0, 0.05) is 5.69 Å². The van der Waals surface area contributed by atoms with Crippen molar-refractivity contribution in [1.82, 2.24) is 0 Å². The number of nitrogens with one attached hydrogen (secondary N) is 1. The first-order chi connectivity index (χ1) is 9.63. The third-order valence-electron chi connectivity index (χ3n) is 3.07. The molecule has 0 aliphatic heterocycles. The minimum Gasteiger partial charge on any atom is -0.389 e. The molecule has 104 valence electrons. The third-order valence-corrected chi connectivity index (χ3v) is 3.59. The van der Waals surface area contributed by atoms with Crippen LogP contribution in [0, 0.1) is 0 Å². The number of thiocarbonyl (C=S) groups is 1. The van der Waals surface area contributed by atoms with E-state index in [1.54, 1.807) is 6.07 Å². The van der Waals surface area contributed by atoms with Crippen LogP contribution < -0.4 is 11.1 Å². The molecule has 4 heteroatoms. The van der Waals surface area contributed by atoms with Crippen LogP contribution in [0.3, 0.4) is 0 Å². The fourth-order valence-electron chi connectivity index (χ4n) is 2.15. The van der Waals surface area contributed by atoms with E-state index in [0.717, 1.165) is 24.2 Å². The lowest BCUT2D eigenvalue weighted by Gasteiger charge is -2.15. The average molecular weight is 305 g/mol. The van der Waals surface area contributed by atoms with Crippen LogP contribution in [0.1, 0.15) is 24.5 Å². The van der Waals surface area contributed by atoms with E-state index in [9.17, 15) is 0 Å². The molecule has 0 atom stereocenters. The van der Waals surface area contributed by atoms with Gasteiger partial charge in [-0.3, -0.25) is 0 Å². The highest BCUT2D eigenvalue weighted by molar-refractivity contribution is 7.80. The Morgan fingerprint density at radius 3 is 2.55 bits per heavy atom. The lowest BCUT2D eigenvalue weighted by molar-refractivity contribution is 0.923. The van der Waals surface area contributed by atoms with Crippen molar-refractivity contribution in [2.45, 2.75) is 19.8 Å². The maximum Gasteiger partial charge on any atom is 0.107 e. The van der Waals surface area contributed by atoms with Gasteiger partial charge in [-0.2, -0.15) is 0 Å². The summed E-state index contributed by atoms with van der Waals surface area (Å²) in [6.45, 7) is 2.16. The summed E-state index contributed by atoms with van der Waals surface area (Å²) < 4.78 is 0. The van der Waals surface area contributed by atoms with E-state index in [4.69, 9.17) is 29.6 Å². The number of para-hydroxylation sites is 1. The second kappa shape index (κ2) is 6.73. The molecule has 0 radical (unpaired) electrons. The Morgan fingerprint density at radius 2 is 1.85 bits per heavy atom. The minimum atomic E-state index is 0.297. The lowest BCUT2D eigenvalue weighted by atomic mass is 10.1. The van der Waals surface area contributed by atoms with E-state index in [0.29, 0.717) is 15.6 Å². The maximum absolute atomic E-state index is 6.18. The number of rotatable bonds is 5. The topological polar surface area (TPSA) is 38.0 Å². The first-order valence-corrected chi connectivity index (χ1v) is 7.35. The molecule has 0 heterocycles. The molecule has 20 heavy (non-hydrogen) atoms. The smallest absolute Gasteiger partial charge is 0.107 e. The zero-order valence-corrected chi connectivity index (χ0v) is 12.9. The van der Waals surface area contributed by atoms with Gasteiger partial charge < -0.3 is 11.1 Å². The number of aryl methyl sites for hydroxylation is 1. The molecule has 0 aromatic heterocycles. The normalized spacial score (nSPS) is 10.3. The zero-order chi connectivity index (χ0) is 14.5. The fraction of sp³-hybridized carbons (Fsp3) is 0.188. The summed E-state index contributed by atoms with van der Waals surface area (Å²) in [5.41, 5.74) is 9.64. The molecule has 0 fully saturated rings. The van der Waals surface area contributed by atoms with Gasteiger partial charge in [-0.1, -0.05) is 61.4 Å². The standard InChI is InChI=1S/C16H17ClN2S/c1-2-6-11-7-3-4-9-13(11)19-14-10-5-8-12(17)15(14)16(18)20/h3-5,7-10,19H,2,6H2,1H3,(H2,18,20). The molecule has 0 saturated carbocycles. The third kappa shape index (κ3) is 3.30. The highest BCUT2D eigenvalue weighted by atomic mass is 35.5. The van der Waals surface area contributed by atoms with Crippen molar-refractivity contribution in [3.63, 3.8) is 0 Å². The van der Waals surface area contributed by atoms with Crippen LogP contribution in [0.2, 0.25) is 5.02 Å². The van der Waals surface area contributed by atoms with Gasteiger partial charge in [0.2, 0.25) is 0 Å². The molecule has 2 aromatic carbocycles. The molecule has 0 aliphatic rings. The Morgan fingerprint density at radius 1 is 1.15 bits per heavy atom. The Bertz CT molecular complexity index is 626. The second-order valence-electron chi connectivity index (χ2n) is 4.56. The van der Waals surface area contributed by atoms with Gasteiger partial charge >= 0.3 is 0 Å². The van der Waals surface area contributed by atoms with Crippen molar-refractivity contribution in [2.24, 2.45) is 5.73 Å². The number of nitrogens with two attached hydrogens (primary N) is 1. The summed E-state index contributed by atoms with van der Waals surface area (Å²) in [5, 5.41) is 3.96. The number of halogens is 1. The molecular weight excluding hydrogens is 288 g/mol. The Hall–Kier alpha value is -1.58. The van der Waals surface area contributed by atoms with Gasteiger partial charge in [0.15, 0.2) is 0 Å². The molecule has 2 rings (SSSR count). The lowest BCUT2D eigenvalue weighted by Crippen LogP contribution is -2.13.